The van der Waals surface area contributed by atoms with Crippen LogP contribution in [-0.4, -0.2) is 24.7 Å². The van der Waals surface area contributed by atoms with E-state index in [2.05, 4.69) is 39.2 Å². The number of aromatic nitrogens is 1. The van der Waals surface area contributed by atoms with Crippen LogP contribution in [0.5, 0.6) is 0 Å². The van der Waals surface area contributed by atoms with Gasteiger partial charge in [0.15, 0.2) is 0 Å². The third kappa shape index (κ3) is 3.80. The van der Waals surface area contributed by atoms with Gasteiger partial charge in [-0.2, -0.15) is 0 Å². The summed E-state index contributed by atoms with van der Waals surface area (Å²) < 4.78 is 6.14. The third-order valence-corrected chi connectivity index (χ3v) is 2.68. The van der Waals surface area contributed by atoms with Crippen molar-refractivity contribution in [2.75, 3.05) is 19.0 Å². The van der Waals surface area contributed by atoms with E-state index in [4.69, 9.17) is 4.74 Å². The molecule has 15 heavy (non-hydrogen) atoms. The first kappa shape index (κ1) is 12.5. The highest BCUT2D eigenvalue weighted by Gasteiger charge is 2.08. The maximum absolute atomic E-state index is 5.13. The highest BCUT2D eigenvalue weighted by atomic mass is 79.9. The lowest BCUT2D eigenvalue weighted by Gasteiger charge is -2.17. The van der Waals surface area contributed by atoms with Gasteiger partial charge in [-0.1, -0.05) is 6.92 Å². The number of rotatable bonds is 5. The molecule has 3 nitrogen and oxygen atoms in total. The summed E-state index contributed by atoms with van der Waals surface area (Å²) in [5.74, 6) is 0.933. The molecule has 4 heteroatoms. The van der Waals surface area contributed by atoms with Crippen LogP contribution in [0, 0.1) is 6.92 Å². The van der Waals surface area contributed by atoms with Crippen LogP contribution in [-0.2, 0) is 4.74 Å². The normalized spacial score (nSPS) is 12.5. The zero-order chi connectivity index (χ0) is 11.3. The number of pyridine rings is 1. The molecule has 0 aliphatic rings. The molecule has 84 valence electrons. The number of aryl methyl sites for hydroxylation is 1. The van der Waals surface area contributed by atoms with E-state index in [1.807, 2.05) is 6.92 Å². The van der Waals surface area contributed by atoms with Gasteiger partial charge in [-0.15, -0.1) is 0 Å². The van der Waals surface area contributed by atoms with E-state index in [9.17, 15) is 0 Å². The molecule has 0 spiro atoms. The Bertz CT molecular complexity index is 317. The Labute approximate surface area is 99.4 Å². The number of anilines is 1. The van der Waals surface area contributed by atoms with E-state index < -0.39 is 0 Å². The number of halogens is 1. The van der Waals surface area contributed by atoms with Gasteiger partial charge in [0.25, 0.3) is 0 Å². The molecule has 0 bridgehead atoms. The van der Waals surface area contributed by atoms with Crippen molar-refractivity contribution in [3.63, 3.8) is 0 Å². The average molecular weight is 273 g/mol. The maximum Gasteiger partial charge on any atom is 0.129 e. The van der Waals surface area contributed by atoms with Crippen molar-refractivity contribution in [2.45, 2.75) is 26.3 Å². The van der Waals surface area contributed by atoms with Crippen molar-refractivity contribution in [1.29, 1.82) is 0 Å². The fourth-order valence-corrected chi connectivity index (χ4v) is 1.79. The molecule has 1 rings (SSSR count). The second kappa shape index (κ2) is 6.08. The summed E-state index contributed by atoms with van der Waals surface area (Å²) in [4.78, 5) is 4.33. The number of hydrogen-bond acceptors (Lipinski definition) is 3. The van der Waals surface area contributed by atoms with Gasteiger partial charge in [-0.3, -0.25) is 0 Å². The van der Waals surface area contributed by atoms with Crippen molar-refractivity contribution in [3.05, 3.63) is 22.3 Å². The number of ether oxygens (including phenoxy) is 1. The van der Waals surface area contributed by atoms with Crippen LogP contribution in [0.15, 0.2) is 16.7 Å². The van der Waals surface area contributed by atoms with E-state index in [-0.39, 0.29) is 0 Å². The zero-order valence-electron chi connectivity index (χ0n) is 9.38. The molecule has 0 aliphatic heterocycles. The van der Waals surface area contributed by atoms with Gasteiger partial charge >= 0.3 is 0 Å². The van der Waals surface area contributed by atoms with E-state index in [1.54, 1.807) is 13.3 Å². The number of methoxy groups -OCH3 is 1. The zero-order valence-corrected chi connectivity index (χ0v) is 11.0. The molecule has 0 aromatic carbocycles. The smallest absolute Gasteiger partial charge is 0.129 e. The fraction of sp³-hybridized carbons (Fsp3) is 0.545. The van der Waals surface area contributed by atoms with Crippen LogP contribution in [0.2, 0.25) is 0 Å². The molecule has 1 unspecified atom stereocenters. The summed E-state index contributed by atoms with van der Waals surface area (Å²) in [6.45, 7) is 4.87. The van der Waals surface area contributed by atoms with Crippen molar-refractivity contribution in [2.24, 2.45) is 0 Å². The minimum atomic E-state index is 0.322. The molecule has 0 saturated heterocycles. The number of nitrogens with one attached hydrogen (secondary N) is 1. The van der Waals surface area contributed by atoms with Gasteiger partial charge < -0.3 is 10.1 Å². The van der Waals surface area contributed by atoms with Crippen LogP contribution in [0.25, 0.3) is 0 Å². The lowest BCUT2D eigenvalue weighted by Crippen LogP contribution is -2.24. The van der Waals surface area contributed by atoms with E-state index in [0.717, 1.165) is 22.3 Å². The Morgan fingerprint density at radius 3 is 2.87 bits per heavy atom. The highest BCUT2D eigenvalue weighted by molar-refractivity contribution is 9.10. The molecular weight excluding hydrogens is 256 g/mol. The third-order valence-electron chi connectivity index (χ3n) is 2.25. The van der Waals surface area contributed by atoms with Crippen molar-refractivity contribution >= 4 is 21.7 Å². The van der Waals surface area contributed by atoms with Crippen LogP contribution in [0.3, 0.4) is 0 Å². The summed E-state index contributed by atoms with van der Waals surface area (Å²) in [5.41, 5.74) is 1.14. The molecule has 1 N–H and O–H groups in total. The molecule has 1 heterocycles. The standard InChI is InChI=1S/C11H17BrN2O/c1-4-10(7-15-3)14-11-8(2)5-9(12)6-13-11/h5-6,10H,4,7H2,1-3H3,(H,13,14). The molecule has 0 fully saturated rings. The van der Waals surface area contributed by atoms with Gasteiger partial charge in [0, 0.05) is 17.8 Å². The van der Waals surface area contributed by atoms with Crippen molar-refractivity contribution in [1.82, 2.24) is 4.98 Å². The Kier molecular flexibility index (Phi) is 5.05. The quantitative estimate of drug-likeness (QED) is 0.895. The van der Waals surface area contributed by atoms with E-state index in [0.29, 0.717) is 12.6 Å². The fourth-order valence-electron chi connectivity index (χ4n) is 1.35. The molecule has 1 aromatic rings. The maximum atomic E-state index is 5.13. The number of hydrogen-bond donors (Lipinski definition) is 1. The lowest BCUT2D eigenvalue weighted by molar-refractivity contribution is 0.184. The number of nitrogens with zero attached hydrogens (tertiary/aromatic N) is 1. The lowest BCUT2D eigenvalue weighted by atomic mass is 10.2. The van der Waals surface area contributed by atoms with Gasteiger partial charge in [0.2, 0.25) is 0 Å². The predicted octanol–water partition coefficient (Wildman–Crippen LogP) is 2.99. The Hall–Kier alpha value is -0.610. The average Bonchev–Trinajstić information content (AvgIpc) is 2.21. The predicted molar refractivity (Wildman–Crippen MR) is 66.3 cm³/mol. The second-order valence-electron chi connectivity index (χ2n) is 3.52. The van der Waals surface area contributed by atoms with Crippen LogP contribution < -0.4 is 5.32 Å². The Morgan fingerprint density at radius 2 is 2.33 bits per heavy atom. The molecule has 0 aliphatic carbocycles. The summed E-state index contributed by atoms with van der Waals surface area (Å²) in [7, 11) is 1.71. The SMILES string of the molecule is CCC(COC)Nc1ncc(Br)cc1C. The van der Waals surface area contributed by atoms with Gasteiger partial charge in [-0.25, -0.2) is 4.98 Å². The molecule has 1 atom stereocenters. The van der Waals surface area contributed by atoms with Crippen LogP contribution in [0.4, 0.5) is 5.82 Å². The topological polar surface area (TPSA) is 34.1 Å². The first-order chi connectivity index (χ1) is 7.17. The summed E-state index contributed by atoms with van der Waals surface area (Å²) >= 11 is 3.40. The second-order valence-corrected chi connectivity index (χ2v) is 4.44. The molecule has 0 radical (unpaired) electrons. The van der Waals surface area contributed by atoms with E-state index in [1.165, 1.54) is 0 Å². The minimum Gasteiger partial charge on any atom is -0.383 e. The first-order valence-corrected chi connectivity index (χ1v) is 5.84. The molecule has 1 aromatic heterocycles. The summed E-state index contributed by atoms with van der Waals surface area (Å²) in [5, 5.41) is 3.37. The van der Waals surface area contributed by atoms with Gasteiger partial charge in [-0.05, 0) is 40.9 Å². The van der Waals surface area contributed by atoms with Crippen LogP contribution >= 0.6 is 15.9 Å². The first-order valence-electron chi connectivity index (χ1n) is 5.05. The van der Waals surface area contributed by atoms with Gasteiger partial charge in [0.05, 0.1) is 12.6 Å². The largest absolute Gasteiger partial charge is 0.383 e. The monoisotopic (exact) mass is 272 g/mol. The summed E-state index contributed by atoms with van der Waals surface area (Å²) in [6, 6.07) is 2.37. The molecule has 0 amide bonds. The van der Waals surface area contributed by atoms with E-state index >= 15 is 0 Å². The molecule has 0 saturated carbocycles. The minimum absolute atomic E-state index is 0.322. The van der Waals surface area contributed by atoms with Crippen molar-refractivity contribution in [3.8, 4) is 0 Å². The van der Waals surface area contributed by atoms with Gasteiger partial charge in [0.1, 0.15) is 5.82 Å². The summed E-state index contributed by atoms with van der Waals surface area (Å²) in [6.07, 6.45) is 2.82. The molecular formula is C11H17BrN2O. The highest BCUT2D eigenvalue weighted by Crippen LogP contribution is 2.17. The van der Waals surface area contributed by atoms with Crippen molar-refractivity contribution < 1.29 is 4.74 Å². The Morgan fingerprint density at radius 1 is 1.60 bits per heavy atom. The Balaban J connectivity index is 2.70. The van der Waals surface area contributed by atoms with Crippen LogP contribution in [0.1, 0.15) is 18.9 Å².